The lowest BCUT2D eigenvalue weighted by Crippen LogP contribution is -1.96. The summed E-state index contributed by atoms with van der Waals surface area (Å²) >= 11 is 3.16. The Hall–Kier alpha value is -1.42. The molecule has 82 valence electrons. The zero-order valence-corrected chi connectivity index (χ0v) is 10.3. The minimum atomic E-state index is -0.379. The minimum absolute atomic E-state index is 0.230. The Morgan fingerprint density at radius 3 is 2.81 bits per heavy atom. The van der Waals surface area contributed by atoms with Gasteiger partial charge in [0, 0.05) is 16.4 Å². The molecule has 16 heavy (non-hydrogen) atoms. The van der Waals surface area contributed by atoms with E-state index in [4.69, 9.17) is 0 Å². The third-order valence-corrected chi connectivity index (χ3v) is 2.52. The van der Waals surface area contributed by atoms with Gasteiger partial charge in [-0.2, -0.15) is 0 Å². The predicted molar refractivity (Wildman–Crippen MR) is 66.4 cm³/mol. The first-order valence-electron chi connectivity index (χ1n) is 4.80. The molecule has 0 aliphatic rings. The second kappa shape index (κ2) is 4.61. The molecule has 2 aromatic rings. The number of hydrogen-bond acceptors (Lipinski definition) is 2. The second-order valence-corrected chi connectivity index (χ2v) is 4.39. The van der Waals surface area contributed by atoms with Gasteiger partial charge in [-0.1, -0.05) is 12.1 Å². The van der Waals surface area contributed by atoms with Gasteiger partial charge in [0.05, 0.1) is 0 Å². The Bertz CT molecular complexity index is 514. The molecule has 4 heteroatoms. The Balaban J connectivity index is 2.27. The van der Waals surface area contributed by atoms with E-state index in [0.717, 1.165) is 11.3 Å². The molecule has 0 aliphatic carbocycles. The van der Waals surface area contributed by atoms with Crippen LogP contribution in [0.2, 0.25) is 0 Å². The summed E-state index contributed by atoms with van der Waals surface area (Å²) in [5.74, 6) is -0.148. The number of nitrogens with one attached hydrogen (secondary N) is 1. The van der Waals surface area contributed by atoms with E-state index in [1.54, 1.807) is 6.20 Å². The zero-order valence-electron chi connectivity index (χ0n) is 8.67. The topological polar surface area (TPSA) is 24.9 Å². The van der Waals surface area contributed by atoms with Gasteiger partial charge >= 0.3 is 0 Å². The SMILES string of the molecule is Cc1cccc(Nc2ncc(Br)cc2F)c1. The number of aryl methyl sites for hydroxylation is 1. The van der Waals surface area contributed by atoms with Gasteiger partial charge in [-0.05, 0) is 46.6 Å². The normalized spacial score (nSPS) is 10.2. The number of hydrogen-bond donors (Lipinski definition) is 1. The standard InChI is InChI=1S/C12H10BrFN2/c1-8-3-2-4-10(5-8)16-12-11(14)6-9(13)7-15-12/h2-7H,1H3,(H,15,16). The molecule has 0 unspecified atom stereocenters. The highest BCUT2D eigenvalue weighted by Gasteiger charge is 2.04. The van der Waals surface area contributed by atoms with Gasteiger partial charge in [0.2, 0.25) is 0 Å². The third-order valence-electron chi connectivity index (χ3n) is 2.09. The summed E-state index contributed by atoms with van der Waals surface area (Å²) < 4.78 is 14.1. The molecule has 2 nitrogen and oxygen atoms in total. The average molecular weight is 281 g/mol. The third kappa shape index (κ3) is 2.58. The Kier molecular flexibility index (Phi) is 3.19. The Morgan fingerprint density at radius 1 is 1.31 bits per heavy atom. The molecule has 0 bridgehead atoms. The van der Waals surface area contributed by atoms with Crippen LogP contribution in [0.5, 0.6) is 0 Å². The van der Waals surface area contributed by atoms with Gasteiger partial charge in [-0.3, -0.25) is 0 Å². The van der Waals surface area contributed by atoms with Crippen molar-refractivity contribution < 1.29 is 4.39 Å². The highest BCUT2D eigenvalue weighted by atomic mass is 79.9. The number of rotatable bonds is 2. The summed E-state index contributed by atoms with van der Waals surface area (Å²) in [5, 5.41) is 2.93. The van der Waals surface area contributed by atoms with Crippen LogP contribution in [-0.2, 0) is 0 Å². The first-order chi connectivity index (χ1) is 7.65. The van der Waals surface area contributed by atoms with E-state index < -0.39 is 0 Å². The van der Waals surface area contributed by atoms with Gasteiger partial charge in [0.15, 0.2) is 11.6 Å². The minimum Gasteiger partial charge on any atom is -0.338 e. The van der Waals surface area contributed by atoms with E-state index in [1.165, 1.54) is 6.07 Å². The number of aromatic nitrogens is 1. The first kappa shape index (κ1) is 11.1. The highest BCUT2D eigenvalue weighted by molar-refractivity contribution is 9.10. The molecule has 1 N–H and O–H groups in total. The molecule has 1 heterocycles. The summed E-state index contributed by atoms with van der Waals surface area (Å²) in [5.41, 5.74) is 1.94. The summed E-state index contributed by atoms with van der Waals surface area (Å²) in [6, 6.07) is 9.08. The van der Waals surface area contributed by atoms with Crippen LogP contribution in [0.25, 0.3) is 0 Å². The number of benzene rings is 1. The maximum absolute atomic E-state index is 13.5. The molecule has 1 aromatic carbocycles. The number of pyridine rings is 1. The van der Waals surface area contributed by atoms with Crippen LogP contribution in [-0.4, -0.2) is 4.98 Å². The average Bonchev–Trinajstić information content (AvgIpc) is 2.22. The lowest BCUT2D eigenvalue weighted by atomic mass is 10.2. The predicted octanol–water partition coefficient (Wildman–Crippen LogP) is 4.04. The summed E-state index contributed by atoms with van der Waals surface area (Å²) in [7, 11) is 0. The van der Waals surface area contributed by atoms with Crippen LogP contribution in [0, 0.1) is 12.7 Å². The van der Waals surface area contributed by atoms with Crippen molar-refractivity contribution in [2.24, 2.45) is 0 Å². The van der Waals surface area contributed by atoms with E-state index >= 15 is 0 Å². The van der Waals surface area contributed by atoms with Crippen LogP contribution >= 0.6 is 15.9 Å². The van der Waals surface area contributed by atoms with E-state index in [2.05, 4.69) is 26.2 Å². The van der Waals surface area contributed by atoms with Crippen molar-refractivity contribution in [3.63, 3.8) is 0 Å². The summed E-state index contributed by atoms with van der Waals surface area (Å²) in [4.78, 5) is 3.97. The molecule has 0 spiro atoms. The van der Waals surface area contributed by atoms with Gasteiger partial charge in [-0.15, -0.1) is 0 Å². The quantitative estimate of drug-likeness (QED) is 0.898. The molecule has 0 radical (unpaired) electrons. The molecule has 0 saturated carbocycles. The van der Waals surface area contributed by atoms with Gasteiger partial charge < -0.3 is 5.32 Å². The molecule has 0 atom stereocenters. The van der Waals surface area contributed by atoms with Crippen molar-refractivity contribution >= 4 is 27.4 Å². The molecule has 0 amide bonds. The Morgan fingerprint density at radius 2 is 2.12 bits per heavy atom. The van der Waals surface area contributed by atoms with Crippen LogP contribution in [0.15, 0.2) is 41.0 Å². The molecule has 2 rings (SSSR count). The van der Waals surface area contributed by atoms with Crippen molar-refractivity contribution in [3.8, 4) is 0 Å². The van der Waals surface area contributed by atoms with Crippen molar-refractivity contribution in [1.29, 1.82) is 0 Å². The van der Waals surface area contributed by atoms with Gasteiger partial charge in [0.1, 0.15) is 0 Å². The smallest absolute Gasteiger partial charge is 0.166 e. The van der Waals surface area contributed by atoms with Crippen molar-refractivity contribution in [1.82, 2.24) is 4.98 Å². The number of halogens is 2. The fourth-order valence-corrected chi connectivity index (χ4v) is 1.67. The Labute approximate surface area is 102 Å². The first-order valence-corrected chi connectivity index (χ1v) is 5.59. The van der Waals surface area contributed by atoms with E-state index in [1.807, 2.05) is 31.2 Å². The second-order valence-electron chi connectivity index (χ2n) is 3.48. The zero-order chi connectivity index (χ0) is 11.5. The van der Waals surface area contributed by atoms with Gasteiger partial charge in [0.25, 0.3) is 0 Å². The molecule has 0 aliphatic heterocycles. The maximum atomic E-state index is 13.5. The lowest BCUT2D eigenvalue weighted by molar-refractivity contribution is 0.625. The van der Waals surface area contributed by atoms with Crippen LogP contribution in [0.1, 0.15) is 5.56 Å². The summed E-state index contributed by atoms with van der Waals surface area (Å²) in [6.45, 7) is 1.98. The monoisotopic (exact) mass is 280 g/mol. The molecule has 1 aromatic heterocycles. The van der Waals surface area contributed by atoms with Crippen molar-refractivity contribution in [3.05, 3.63) is 52.4 Å². The van der Waals surface area contributed by atoms with E-state index in [-0.39, 0.29) is 11.6 Å². The lowest BCUT2D eigenvalue weighted by Gasteiger charge is -2.07. The highest BCUT2D eigenvalue weighted by Crippen LogP contribution is 2.20. The van der Waals surface area contributed by atoms with Gasteiger partial charge in [-0.25, -0.2) is 9.37 Å². The summed E-state index contributed by atoms with van der Waals surface area (Å²) in [6.07, 6.45) is 1.56. The molecule has 0 saturated heterocycles. The van der Waals surface area contributed by atoms with Crippen LogP contribution in [0.4, 0.5) is 15.9 Å². The van der Waals surface area contributed by atoms with Crippen LogP contribution in [0.3, 0.4) is 0 Å². The van der Waals surface area contributed by atoms with Crippen molar-refractivity contribution in [2.45, 2.75) is 6.92 Å². The van der Waals surface area contributed by atoms with Crippen LogP contribution < -0.4 is 5.32 Å². The fourth-order valence-electron chi connectivity index (χ4n) is 1.37. The maximum Gasteiger partial charge on any atom is 0.166 e. The van der Waals surface area contributed by atoms with E-state index in [0.29, 0.717) is 4.47 Å². The molecule has 0 fully saturated rings. The molecular formula is C12H10BrFN2. The number of nitrogens with zero attached hydrogens (tertiary/aromatic N) is 1. The molecular weight excluding hydrogens is 271 g/mol. The van der Waals surface area contributed by atoms with E-state index in [9.17, 15) is 4.39 Å². The number of anilines is 2. The van der Waals surface area contributed by atoms with Crippen molar-refractivity contribution in [2.75, 3.05) is 5.32 Å². The fraction of sp³-hybridized carbons (Fsp3) is 0.0833. The largest absolute Gasteiger partial charge is 0.338 e.